The number of ether oxygens (including phenoxy) is 1. The fourth-order valence-electron chi connectivity index (χ4n) is 3.30. The monoisotopic (exact) mass is 400 g/mol. The summed E-state index contributed by atoms with van der Waals surface area (Å²) in [5.74, 6) is 1.15. The highest BCUT2D eigenvalue weighted by atomic mass is 32.1. The molecule has 1 aliphatic heterocycles. The second kappa shape index (κ2) is 10.3. The first-order valence-corrected chi connectivity index (χ1v) is 10.8. The van der Waals surface area contributed by atoms with Gasteiger partial charge in [0.15, 0.2) is 0 Å². The van der Waals surface area contributed by atoms with Crippen LogP contribution in [-0.4, -0.2) is 54.4 Å². The molecule has 1 fully saturated rings. The van der Waals surface area contributed by atoms with E-state index < -0.39 is 0 Å². The van der Waals surface area contributed by atoms with Gasteiger partial charge in [-0.2, -0.15) is 0 Å². The van der Waals surface area contributed by atoms with Gasteiger partial charge in [-0.1, -0.05) is 23.8 Å². The number of rotatable bonds is 7. The van der Waals surface area contributed by atoms with Gasteiger partial charge in [0.2, 0.25) is 11.8 Å². The number of thiophene rings is 1. The molecule has 28 heavy (non-hydrogen) atoms. The Labute approximate surface area is 170 Å². The van der Waals surface area contributed by atoms with Crippen LogP contribution in [-0.2, 0) is 16.0 Å². The minimum absolute atomic E-state index is 0.153. The zero-order valence-corrected chi connectivity index (χ0v) is 17.2. The van der Waals surface area contributed by atoms with Crippen molar-refractivity contribution < 1.29 is 14.3 Å². The highest BCUT2D eigenvalue weighted by Gasteiger charge is 2.22. The van der Waals surface area contributed by atoms with Crippen LogP contribution in [0.3, 0.4) is 0 Å². The number of carbonyl (C=O) groups excluding carboxylic acids is 2. The van der Waals surface area contributed by atoms with Crippen molar-refractivity contribution in [1.82, 2.24) is 9.80 Å². The zero-order chi connectivity index (χ0) is 19.8. The molecule has 5 nitrogen and oxygen atoms in total. The van der Waals surface area contributed by atoms with E-state index in [4.69, 9.17) is 4.74 Å². The molecule has 2 heterocycles. The van der Waals surface area contributed by atoms with Gasteiger partial charge < -0.3 is 14.5 Å². The van der Waals surface area contributed by atoms with Crippen LogP contribution in [0.5, 0.6) is 5.75 Å². The molecule has 0 radical (unpaired) electrons. The van der Waals surface area contributed by atoms with Gasteiger partial charge in [-0.3, -0.25) is 9.59 Å². The first kappa shape index (κ1) is 20.4. The quantitative estimate of drug-likeness (QED) is 0.668. The number of hydrogen-bond acceptors (Lipinski definition) is 4. The van der Waals surface area contributed by atoms with E-state index >= 15 is 0 Å². The van der Waals surface area contributed by atoms with Gasteiger partial charge in [-0.05, 0) is 43.3 Å². The predicted octanol–water partition coefficient (Wildman–Crippen LogP) is 3.52. The van der Waals surface area contributed by atoms with Crippen LogP contribution in [0.4, 0.5) is 0 Å². The number of nitrogens with zero attached hydrogens (tertiary/aromatic N) is 2. The zero-order valence-electron chi connectivity index (χ0n) is 16.4. The summed E-state index contributed by atoms with van der Waals surface area (Å²) in [5, 5.41) is 1.99. The van der Waals surface area contributed by atoms with E-state index in [0.717, 1.165) is 30.1 Å². The molecular formula is C22H28N2O3S. The topological polar surface area (TPSA) is 49.9 Å². The fraction of sp³-hybridized carbons (Fsp3) is 0.455. The number of carbonyl (C=O) groups is 2. The standard InChI is InChI=1S/C22H28N2O3S/c1-18-7-9-19(10-8-18)27-15-2-6-21(25)23-11-4-12-24(14-13-23)22(26)17-20-5-3-16-28-20/h3,5,7-10,16H,2,4,6,11-15,17H2,1H3. The normalized spacial score (nSPS) is 14.6. The van der Waals surface area contributed by atoms with Crippen molar-refractivity contribution in [2.45, 2.75) is 32.6 Å². The smallest absolute Gasteiger partial charge is 0.227 e. The minimum Gasteiger partial charge on any atom is -0.494 e. The first-order valence-electron chi connectivity index (χ1n) is 9.89. The van der Waals surface area contributed by atoms with Gasteiger partial charge in [-0.25, -0.2) is 0 Å². The van der Waals surface area contributed by atoms with Crippen LogP contribution in [0.25, 0.3) is 0 Å². The Bertz CT molecular complexity index is 759. The molecule has 2 amide bonds. The third kappa shape index (κ3) is 6.09. The Hall–Kier alpha value is -2.34. The van der Waals surface area contributed by atoms with E-state index in [0.29, 0.717) is 39.0 Å². The van der Waals surface area contributed by atoms with Crippen LogP contribution in [0.15, 0.2) is 41.8 Å². The Morgan fingerprint density at radius 3 is 2.39 bits per heavy atom. The third-order valence-electron chi connectivity index (χ3n) is 4.93. The lowest BCUT2D eigenvalue weighted by Crippen LogP contribution is -2.37. The van der Waals surface area contributed by atoms with E-state index in [1.165, 1.54) is 5.56 Å². The highest BCUT2D eigenvalue weighted by Crippen LogP contribution is 2.14. The van der Waals surface area contributed by atoms with Crippen molar-refractivity contribution in [1.29, 1.82) is 0 Å². The number of aryl methyl sites for hydroxylation is 1. The lowest BCUT2D eigenvalue weighted by atomic mass is 10.2. The Balaban J connectivity index is 1.37. The average Bonchev–Trinajstić information content (AvgIpc) is 3.07. The summed E-state index contributed by atoms with van der Waals surface area (Å²) in [6.07, 6.45) is 2.48. The largest absolute Gasteiger partial charge is 0.494 e. The van der Waals surface area contributed by atoms with Crippen LogP contribution >= 0.6 is 11.3 Å². The lowest BCUT2D eigenvalue weighted by Gasteiger charge is -2.22. The van der Waals surface area contributed by atoms with Crippen LogP contribution in [0.1, 0.15) is 29.7 Å². The fourth-order valence-corrected chi connectivity index (χ4v) is 3.99. The van der Waals surface area contributed by atoms with Crippen LogP contribution in [0, 0.1) is 6.92 Å². The van der Waals surface area contributed by atoms with Crippen molar-refractivity contribution in [2.75, 3.05) is 32.8 Å². The van der Waals surface area contributed by atoms with E-state index in [2.05, 4.69) is 0 Å². The van der Waals surface area contributed by atoms with E-state index in [-0.39, 0.29) is 11.8 Å². The summed E-state index contributed by atoms with van der Waals surface area (Å²) < 4.78 is 5.70. The summed E-state index contributed by atoms with van der Waals surface area (Å²) in [5.41, 5.74) is 1.20. The van der Waals surface area contributed by atoms with Crippen LogP contribution in [0.2, 0.25) is 0 Å². The molecule has 0 N–H and O–H groups in total. The summed E-state index contributed by atoms with van der Waals surface area (Å²) >= 11 is 1.61. The molecule has 1 aromatic carbocycles. The second-order valence-corrected chi connectivity index (χ2v) is 8.17. The van der Waals surface area contributed by atoms with Crippen LogP contribution < -0.4 is 4.74 Å². The number of benzene rings is 1. The van der Waals surface area contributed by atoms with Crippen molar-refractivity contribution in [3.63, 3.8) is 0 Å². The molecule has 0 atom stereocenters. The predicted molar refractivity (Wildman–Crippen MR) is 112 cm³/mol. The maximum absolute atomic E-state index is 12.5. The molecule has 0 unspecified atom stereocenters. The molecule has 1 aromatic heterocycles. The van der Waals surface area contributed by atoms with Gasteiger partial charge in [0, 0.05) is 37.5 Å². The molecule has 0 spiro atoms. The minimum atomic E-state index is 0.153. The molecule has 0 aliphatic carbocycles. The molecule has 3 rings (SSSR count). The van der Waals surface area contributed by atoms with Crippen molar-refractivity contribution in [2.24, 2.45) is 0 Å². The SMILES string of the molecule is Cc1ccc(OCCCC(=O)N2CCCN(C(=O)Cc3cccs3)CC2)cc1. The Morgan fingerprint density at radius 1 is 1.00 bits per heavy atom. The lowest BCUT2D eigenvalue weighted by molar-refractivity contribution is -0.133. The van der Waals surface area contributed by atoms with Crippen molar-refractivity contribution >= 4 is 23.2 Å². The molecule has 1 saturated heterocycles. The number of amides is 2. The van der Waals surface area contributed by atoms with Crippen molar-refractivity contribution in [3.8, 4) is 5.75 Å². The number of hydrogen-bond donors (Lipinski definition) is 0. The van der Waals surface area contributed by atoms with Gasteiger partial charge in [0.25, 0.3) is 0 Å². The van der Waals surface area contributed by atoms with E-state index in [9.17, 15) is 9.59 Å². The van der Waals surface area contributed by atoms with Gasteiger partial charge in [-0.15, -0.1) is 11.3 Å². The summed E-state index contributed by atoms with van der Waals surface area (Å²) in [7, 11) is 0. The third-order valence-corrected chi connectivity index (χ3v) is 5.81. The molecule has 1 aliphatic rings. The van der Waals surface area contributed by atoms with Gasteiger partial charge in [0.05, 0.1) is 13.0 Å². The average molecular weight is 401 g/mol. The first-order chi connectivity index (χ1) is 13.6. The molecule has 6 heteroatoms. The molecular weight excluding hydrogens is 372 g/mol. The maximum atomic E-state index is 12.5. The molecule has 2 aromatic rings. The summed E-state index contributed by atoms with van der Waals surface area (Å²) in [6, 6.07) is 11.9. The maximum Gasteiger partial charge on any atom is 0.227 e. The second-order valence-electron chi connectivity index (χ2n) is 7.14. The highest BCUT2D eigenvalue weighted by molar-refractivity contribution is 7.10. The Kier molecular flexibility index (Phi) is 7.48. The van der Waals surface area contributed by atoms with Gasteiger partial charge >= 0.3 is 0 Å². The van der Waals surface area contributed by atoms with E-state index in [1.807, 2.05) is 58.5 Å². The van der Waals surface area contributed by atoms with Gasteiger partial charge in [0.1, 0.15) is 5.75 Å². The Morgan fingerprint density at radius 2 is 1.71 bits per heavy atom. The molecule has 150 valence electrons. The molecule has 0 bridgehead atoms. The molecule has 0 saturated carbocycles. The van der Waals surface area contributed by atoms with E-state index in [1.54, 1.807) is 11.3 Å². The summed E-state index contributed by atoms with van der Waals surface area (Å²) in [4.78, 5) is 29.9. The van der Waals surface area contributed by atoms with Crippen molar-refractivity contribution in [3.05, 3.63) is 52.2 Å². The summed E-state index contributed by atoms with van der Waals surface area (Å²) in [6.45, 7) is 5.27.